The summed E-state index contributed by atoms with van der Waals surface area (Å²) in [6.45, 7) is 1.65. The van der Waals surface area contributed by atoms with Gasteiger partial charge in [-0.05, 0) is 12.5 Å². The summed E-state index contributed by atoms with van der Waals surface area (Å²) in [7, 11) is 0. The largest absolute Gasteiger partial charge is 0.319 e. The third kappa shape index (κ3) is 3.49. The molecular formula is C14H18F4N2. The van der Waals surface area contributed by atoms with E-state index in [1.54, 1.807) is 6.92 Å². The number of alkyl halides is 4. The first kappa shape index (κ1) is 15.3. The molecule has 1 saturated heterocycles. The van der Waals surface area contributed by atoms with Gasteiger partial charge in [-0.3, -0.25) is 4.90 Å². The number of hydrogen-bond acceptors (Lipinski definition) is 2. The van der Waals surface area contributed by atoms with Crippen LogP contribution in [-0.2, 0) is 0 Å². The minimum atomic E-state index is -3.97. The standard InChI is InChI=1S/C14H18F4N2/c1-10-7-19-12(11-5-3-2-4-6-11)8-20(10)9-14(17,18)13(15)16/h2-6,10,12-13,19H,7-9H2,1H3. The van der Waals surface area contributed by atoms with Gasteiger partial charge in [-0.1, -0.05) is 30.3 Å². The van der Waals surface area contributed by atoms with Gasteiger partial charge in [0.25, 0.3) is 0 Å². The van der Waals surface area contributed by atoms with E-state index in [0.717, 1.165) is 5.56 Å². The molecule has 0 spiro atoms. The lowest BCUT2D eigenvalue weighted by molar-refractivity contribution is -0.148. The number of nitrogens with zero attached hydrogens (tertiary/aromatic N) is 1. The van der Waals surface area contributed by atoms with Crippen LogP contribution in [0.3, 0.4) is 0 Å². The Morgan fingerprint density at radius 3 is 2.55 bits per heavy atom. The van der Waals surface area contributed by atoms with Gasteiger partial charge < -0.3 is 5.32 Å². The van der Waals surface area contributed by atoms with Crippen molar-refractivity contribution in [2.75, 3.05) is 19.6 Å². The van der Waals surface area contributed by atoms with Crippen molar-refractivity contribution in [2.45, 2.75) is 31.4 Å². The maximum Gasteiger partial charge on any atom is 0.319 e. The van der Waals surface area contributed by atoms with Crippen molar-refractivity contribution in [3.8, 4) is 0 Å². The van der Waals surface area contributed by atoms with Gasteiger partial charge in [0.2, 0.25) is 0 Å². The van der Waals surface area contributed by atoms with E-state index in [1.165, 1.54) is 4.90 Å². The molecule has 2 rings (SSSR count). The second-order valence-corrected chi connectivity index (χ2v) is 5.21. The second kappa shape index (κ2) is 6.10. The van der Waals surface area contributed by atoms with Gasteiger partial charge >= 0.3 is 12.3 Å². The van der Waals surface area contributed by atoms with Crippen LogP contribution in [0.15, 0.2) is 30.3 Å². The molecule has 0 aromatic heterocycles. The molecule has 1 aromatic rings. The number of benzene rings is 1. The van der Waals surface area contributed by atoms with Gasteiger partial charge in [0.05, 0.1) is 6.54 Å². The topological polar surface area (TPSA) is 15.3 Å². The van der Waals surface area contributed by atoms with E-state index in [1.807, 2.05) is 30.3 Å². The van der Waals surface area contributed by atoms with Crippen LogP contribution in [-0.4, -0.2) is 42.9 Å². The number of nitrogens with one attached hydrogen (secondary N) is 1. The van der Waals surface area contributed by atoms with Gasteiger partial charge in [-0.15, -0.1) is 0 Å². The van der Waals surface area contributed by atoms with Crippen LogP contribution < -0.4 is 5.32 Å². The van der Waals surface area contributed by atoms with Crippen LogP contribution in [0.1, 0.15) is 18.5 Å². The van der Waals surface area contributed by atoms with Crippen LogP contribution >= 0.6 is 0 Å². The first-order chi connectivity index (χ1) is 9.40. The van der Waals surface area contributed by atoms with Crippen molar-refractivity contribution in [1.29, 1.82) is 0 Å². The Balaban J connectivity index is 2.06. The average molecular weight is 290 g/mol. The number of hydrogen-bond donors (Lipinski definition) is 1. The van der Waals surface area contributed by atoms with Crippen molar-refractivity contribution in [3.05, 3.63) is 35.9 Å². The van der Waals surface area contributed by atoms with Crippen LogP contribution in [0.4, 0.5) is 17.6 Å². The zero-order valence-corrected chi connectivity index (χ0v) is 11.2. The fourth-order valence-corrected chi connectivity index (χ4v) is 2.39. The predicted molar refractivity (Wildman–Crippen MR) is 69.2 cm³/mol. The Hall–Kier alpha value is -1.14. The van der Waals surface area contributed by atoms with Crippen molar-refractivity contribution < 1.29 is 17.6 Å². The lowest BCUT2D eigenvalue weighted by atomic mass is 10.0. The fourth-order valence-electron chi connectivity index (χ4n) is 2.39. The third-order valence-electron chi connectivity index (χ3n) is 3.64. The summed E-state index contributed by atoms with van der Waals surface area (Å²) in [6.07, 6.45) is -3.63. The van der Waals surface area contributed by atoms with Crippen molar-refractivity contribution in [2.24, 2.45) is 0 Å². The van der Waals surface area contributed by atoms with E-state index < -0.39 is 18.9 Å². The molecule has 1 aliphatic rings. The molecule has 0 amide bonds. The lowest BCUT2D eigenvalue weighted by Crippen LogP contribution is -2.55. The second-order valence-electron chi connectivity index (χ2n) is 5.21. The van der Waals surface area contributed by atoms with Gasteiger partial charge in [-0.25, -0.2) is 8.78 Å². The first-order valence-corrected chi connectivity index (χ1v) is 6.58. The number of halogens is 4. The zero-order valence-electron chi connectivity index (χ0n) is 11.2. The van der Waals surface area contributed by atoms with E-state index in [2.05, 4.69) is 5.32 Å². The van der Waals surface area contributed by atoms with E-state index in [-0.39, 0.29) is 12.1 Å². The van der Waals surface area contributed by atoms with E-state index in [0.29, 0.717) is 13.1 Å². The molecule has 0 aliphatic carbocycles. The van der Waals surface area contributed by atoms with E-state index >= 15 is 0 Å². The monoisotopic (exact) mass is 290 g/mol. The van der Waals surface area contributed by atoms with Crippen LogP contribution in [0.2, 0.25) is 0 Å². The van der Waals surface area contributed by atoms with Crippen molar-refractivity contribution in [1.82, 2.24) is 10.2 Å². The Labute approximate surface area is 115 Å². The molecule has 1 aromatic carbocycles. The minimum Gasteiger partial charge on any atom is -0.307 e. The van der Waals surface area contributed by atoms with E-state index in [4.69, 9.17) is 0 Å². The van der Waals surface area contributed by atoms with Crippen molar-refractivity contribution >= 4 is 0 Å². The number of piperazine rings is 1. The van der Waals surface area contributed by atoms with Gasteiger partial charge in [0.1, 0.15) is 0 Å². The summed E-state index contributed by atoms with van der Waals surface area (Å²) >= 11 is 0. The molecular weight excluding hydrogens is 272 g/mol. The normalized spacial score (nSPS) is 25.1. The Bertz CT molecular complexity index is 424. The quantitative estimate of drug-likeness (QED) is 0.858. The summed E-state index contributed by atoms with van der Waals surface area (Å²) in [5.41, 5.74) is 0.977. The first-order valence-electron chi connectivity index (χ1n) is 6.58. The molecule has 1 aliphatic heterocycles. The summed E-state index contributed by atoms with van der Waals surface area (Å²) in [5, 5.41) is 3.26. The van der Waals surface area contributed by atoms with Crippen LogP contribution in [0, 0.1) is 0 Å². The molecule has 0 bridgehead atoms. The zero-order chi connectivity index (χ0) is 14.8. The molecule has 0 saturated carbocycles. The van der Waals surface area contributed by atoms with Gasteiger partial charge in [0, 0.05) is 25.2 Å². The van der Waals surface area contributed by atoms with Crippen LogP contribution in [0.25, 0.3) is 0 Å². The summed E-state index contributed by atoms with van der Waals surface area (Å²) in [6, 6.07) is 9.10. The predicted octanol–water partition coefficient (Wildman–Crippen LogP) is 2.92. The van der Waals surface area contributed by atoms with Crippen LogP contribution in [0.5, 0.6) is 0 Å². The molecule has 1 heterocycles. The molecule has 2 nitrogen and oxygen atoms in total. The highest BCUT2D eigenvalue weighted by atomic mass is 19.3. The molecule has 2 atom stereocenters. The summed E-state index contributed by atoms with van der Waals surface area (Å²) in [5.74, 6) is -3.97. The molecule has 6 heteroatoms. The smallest absolute Gasteiger partial charge is 0.307 e. The highest BCUT2D eigenvalue weighted by Gasteiger charge is 2.44. The molecule has 1 fully saturated rings. The van der Waals surface area contributed by atoms with Gasteiger partial charge in [0.15, 0.2) is 0 Å². The minimum absolute atomic E-state index is 0.110. The van der Waals surface area contributed by atoms with Gasteiger partial charge in [-0.2, -0.15) is 8.78 Å². The highest BCUT2D eigenvalue weighted by molar-refractivity contribution is 5.20. The summed E-state index contributed by atoms with van der Waals surface area (Å²) in [4.78, 5) is 1.43. The lowest BCUT2D eigenvalue weighted by Gasteiger charge is -2.40. The highest BCUT2D eigenvalue weighted by Crippen LogP contribution is 2.27. The number of rotatable bonds is 4. The molecule has 1 N–H and O–H groups in total. The summed E-state index contributed by atoms with van der Waals surface area (Å²) < 4.78 is 51.1. The maximum atomic E-state index is 13.2. The SMILES string of the molecule is CC1CNC(c2ccccc2)CN1CC(F)(F)C(F)F. The molecule has 20 heavy (non-hydrogen) atoms. The Morgan fingerprint density at radius 2 is 1.95 bits per heavy atom. The molecule has 2 unspecified atom stereocenters. The fraction of sp³-hybridized carbons (Fsp3) is 0.571. The maximum absolute atomic E-state index is 13.2. The Morgan fingerprint density at radius 1 is 1.30 bits per heavy atom. The third-order valence-corrected chi connectivity index (χ3v) is 3.64. The molecule has 112 valence electrons. The molecule has 0 radical (unpaired) electrons. The van der Waals surface area contributed by atoms with E-state index in [9.17, 15) is 17.6 Å². The van der Waals surface area contributed by atoms with Crippen molar-refractivity contribution in [3.63, 3.8) is 0 Å². The Kier molecular flexibility index (Phi) is 4.65. The average Bonchev–Trinajstić information content (AvgIpc) is 2.42.